The van der Waals surface area contributed by atoms with Crippen LogP contribution in [0.25, 0.3) is 0 Å². The molecule has 0 saturated carbocycles. The van der Waals surface area contributed by atoms with E-state index in [9.17, 15) is 9.59 Å². The highest BCUT2D eigenvalue weighted by Crippen LogP contribution is 2.38. The number of rotatable bonds is 3. The molecule has 96 valence electrons. The number of aromatic nitrogens is 1. The highest BCUT2D eigenvalue weighted by atomic mass is 79.9. The average molecular weight is 355 g/mol. The molecule has 0 radical (unpaired) electrons. The van der Waals surface area contributed by atoms with Gasteiger partial charge in [0.25, 0.3) is 0 Å². The number of ketones is 1. The molecule has 1 aliphatic rings. The summed E-state index contributed by atoms with van der Waals surface area (Å²) < 4.78 is 0.666. The maximum Gasteiger partial charge on any atom is 0.221 e. The Morgan fingerprint density at radius 3 is 3.00 bits per heavy atom. The summed E-state index contributed by atoms with van der Waals surface area (Å²) >= 11 is 5.95. The Bertz CT molecular complexity index is 671. The molecule has 0 aliphatic carbocycles. The second kappa shape index (κ2) is 5.07. The first kappa shape index (κ1) is 12.8. The minimum atomic E-state index is -0.269. The Morgan fingerprint density at radius 2 is 2.32 bits per heavy atom. The van der Waals surface area contributed by atoms with E-state index in [0.717, 1.165) is 16.9 Å². The lowest BCUT2D eigenvalue weighted by molar-refractivity contribution is -0.107. The fourth-order valence-corrected chi connectivity index (χ4v) is 3.92. The maximum absolute atomic E-state index is 12.2. The van der Waals surface area contributed by atoms with E-state index in [2.05, 4.69) is 26.2 Å². The zero-order valence-electron chi connectivity index (χ0n) is 9.42. The molecule has 1 unspecified atom stereocenters. The molecule has 2 aromatic rings. The summed E-state index contributed by atoms with van der Waals surface area (Å²) in [5.41, 5.74) is 1.47. The van der Waals surface area contributed by atoms with E-state index in [1.165, 1.54) is 23.1 Å². The molecule has 1 aliphatic heterocycles. The van der Waals surface area contributed by atoms with Crippen LogP contribution in [-0.4, -0.2) is 22.4 Å². The molecule has 2 heterocycles. The van der Waals surface area contributed by atoms with Gasteiger partial charge in [-0.3, -0.25) is 4.79 Å². The van der Waals surface area contributed by atoms with Gasteiger partial charge in [0.1, 0.15) is 9.98 Å². The van der Waals surface area contributed by atoms with Crippen molar-refractivity contribution in [3.63, 3.8) is 0 Å². The van der Waals surface area contributed by atoms with Crippen molar-refractivity contribution in [2.24, 2.45) is 0 Å². The van der Waals surface area contributed by atoms with E-state index in [4.69, 9.17) is 0 Å². The first-order chi connectivity index (χ1) is 9.17. The topological polar surface area (TPSA) is 59.1 Å². The molecule has 1 aromatic carbocycles. The van der Waals surface area contributed by atoms with Gasteiger partial charge < -0.3 is 10.1 Å². The van der Waals surface area contributed by atoms with Crippen molar-refractivity contribution in [1.82, 2.24) is 4.98 Å². The third-order valence-corrected chi connectivity index (χ3v) is 5.21. The van der Waals surface area contributed by atoms with Gasteiger partial charge in [-0.1, -0.05) is 11.8 Å². The Balaban J connectivity index is 1.91. The first-order valence-electron chi connectivity index (χ1n) is 5.35. The number of nitrogens with zero attached hydrogens (tertiary/aromatic N) is 1. The molecule has 0 fully saturated rings. The number of halogens is 1. The molecular weight excluding hydrogens is 348 g/mol. The van der Waals surface area contributed by atoms with Crippen molar-refractivity contribution >= 4 is 56.8 Å². The summed E-state index contributed by atoms with van der Waals surface area (Å²) in [6.45, 7) is 0. The van der Waals surface area contributed by atoms with Gasteiger partial charge in [0.2, 0.25) is 5.78 Å². The third-order valence-electron chi connectivity index (χ3n) is 2.59. The Hall–Kier alpha value is -1.18. The molecule has 1 aromatic heterocycles. The quantitative estimate of drug-likeness (QED) is 0.677. The van der Waals surface area contributed by atoms with Crippen molar-refractivity contribution in [1.29, 1.82) is 0 Å². The molecule has 0 bridgehead atoms. The van der Waals surface area contributed by atoms with E-state index < -0.39 is 0 Å². The summed E-state index contributed by atoms with van der Waals surface area (Å²) in [4.78, 5) is 28.0. The standard InChI is InChI=1S/C12H7BrN2O2S2/c13-9-5-18-12(15-9)11(17)6-1-2-7-8(3-6)19-10(4-16)14-7/h1-5,10,14H. The van der Waals surface area contributed by atoms with Crippen molar-refractivity contribution in [2.75, 3.05) is 5.32 Å². The molecule has 7 heteroatoms. The number of nitrogens with one attached hydrogen (secondary N) is 1. The van der Waals surface area contributed by atoms with E-state index >= 15 is 0 Å². The third kappa shape index (κ3) is 2.45. The Kier molecular flexibility index (Phi) is 3.42. The number of carbonyl (C=O) groups excluding carboxylic acids is 2. The summed E-state index contributed by atoms with van der Waals surface area (Å²) in [6.07, 6.45) is 0.851. The number of carbonyl (C=O) groups is 2. The van der Waals surface area contributed by atoms with Crippen LogP contribution in [0.4, 0.5) is 5.69 Å². The SMILES string of the molecule is O=CC1Nc2ccc(C(=O)c3nc(Br)cs3)cc2S1. The largest absolute Gasteiger partial charge is 0.366 e. The van der Waals surface area contributed by atoms with Crippen LogP contribution in [0.2, 0.25) is 0 Å². The van der Waals surface area contributed by atoms with Crippen molar-refractivity contribution in [3.05, 3.63) is 38.8 Å². The van der Waals surface area contributed by atoms with Gasteiger partial charge in [-0.25, -0.2) is 4.98 Å². The molecule has 1 atom stereocenters. The maximum atomic E-state index is 12.2. The highest BCUT2D eigenvalue weighted by molar-refractivity contribution is 9.10. The monoisotopic (exact) mass is 354 g/mol. The van der Waals surface area contributed by atoms with Crippen LogP contribution >= 0.6 is 39.0 Å². The van der Waals surface area contributed by atoms with E-state index in [-0.39, 0.29) is 11.2 Å². The van der Waals surface area contributed by atoms with Crippen LogP contribution in [0.15, 0.2) is 33.1 Å². The summed E-state index contributed by atoms with van der Waals surface area (Å²) in [5.74, 6) is -0.103. The molecule has 0 amide bonds. The zero-order chi connectivity index (χ0) is 13.4. The lowest BCUT2D eigenvalue weighted by atomic mass is 10.1. The fraction of sp³-hybridized carbons (Fsp3) is 0.0833. The predicted octanol–water partition coefficient (Wildman–Crippen LogP) is 3.18. The first-order valence-corrected chi connectivity index (χ1v) is 7.91. The van der Waals surface area contributed by atoms with Crippen LogP contribution in [0.5, 0.6) is 0 Å². The molecule has 0 spiro atoms. The number of thiazole rings is 1. The zero-order valence-corrected chi connectivity index (χ0v) is 12.6. The van der Waals surface area contributed by atoms with Crippen LogP contribution in [0.1, 0.15) is 15.4 Å². The molecule has 4 nitrogen and oxygen atoms in total. The van der Waals surface area contributed by atoms with Gasteiger partial charge in [0, 0.05) is 21.5 Å². The number of anilines is 1. The van der Waals surface area contributed by atoms with Crippen molar-refractivity contribution < 1.29 is 9.59 Å². The van der Waals surface area contributed by atoms with Gasteiger partial charge >= 0.3 is 0 Å². The molecule has 0 saturated heterocycles. The lowest BCUT2D eigenvalue weighted by Crippen LogP contribution is -2.10. The smallest absolute Gasteiger partial charge is 0.221 e. The van der Waals surface area contributed by atoms with E-state index in [1.807, 2.05) is 6.07 Å². The van der Waals surface area contributed by atoms with Gasteiger partial charge in [-0.2, -0.15) is 0 Å². The predicted molar refractivity (Wildman–Crippen MR) is 79.0 cm³/mol. The Morgan fingerprint density at radius 1 is 1.47 bits per heavy atom. The number of thioether (sulfide) groups is 1. The molecule has 3 rings (SSSR count). The van der Waals surface area contributed by atoms with Gasteiger partial charge in [0.15, 0.2) is 11.3 Å². The van der Waals surface area contributed by atoms with Crippen molar-refractivity contribution in [3.8, 4) is 0 Å². The summed E-state index contributed by atoms with van der Waals surface area (Å²) in [5, 5.41) is 5.02. The lowest BCUT2D eigenvalue weighted by Gasteiger charge is -2.01. The minimum absolute atomic E-state index is 0.103. The normalized spacial score (nSPS) is 16.8. The molecular formula is C12H7BrN2O2S2. The summed E-state index contributed by atoms with van der Waals surface area (Å²) in [6, 6.07) is 5.37. The van der Waals surface area contributed by atoms with Crippen LogP contribution in [-0.2, 0) is 4.79 Å². The second-order valence-electron chi connectivity index (χ2n) is 3.83. The van der Waals surface area contributed by atoms with Gasteiger partial charge in [0.05, 0.1) is 0 Å². The Labute approximate surface area is 125 Å². The number of hydrogen-bond acceptors (Lipinski definition) is 6. The highest BCUT2D eigenvalue weighted by Gasteiger charge is 2.22. The number of benzene rings is 1. The second-order valence-corrected chi connectivity index (χ2v) is 6.69. The van der Waals surface area contributed by atoms with E-state index in [0.29, 0.717) is 15.2 Å². The number of aldehydes is 1. The summed E-state index contributed by atoms with van der Waals surface area (Å²) in [7, 11) is 0. The van der Waals surface area contributed by atoms with Crippen molar-refractivity contribution in [2.45, 2.75) is 10.3 Å². The van der Waals surface area contributed by atoms with Crippen LogP contribution in [0.3, 0.4) is 0 Å². The van der Waals surface area contributed by atoms with Gasteiger partial charge in [-0.15, -0.1) is 11.3 Å². The number of fused-ring (bicyclic) bond motifs is 1. The average Bonchev–Trinajstić information content (AvgIpc) is 3.02. The minimum Gasteiger partial charge on any atom is -0.366 e. The van der Waals surface area contributed by atoms with Crippen LogP contribution in [0, 0.1) is 0 Å². The number of hydrogen-bond donors (Lipinski definition) is 1. The van der Waals surface area contributed by atoms with Crippen LogP contribution < -0.4 is 5.32 Å². The van der Waals surface area contributed by atoms with E-state index in [1.54, 1.807) is 17.5 Å². The van der Waals surface area contributed by atoms with Gasteiger partial charge in [-0.05, 0) is 34.1 Å². The molecule has 1 N–H and O–H groups in total. The molecule has 19 heavy (non-hydrogen) atoms. The fourth-order valence-electron chi connectivity index (χ4n) is 1.74.